The summed E-state index contributed by atoms with van der Waals surface area (Å²) in [7, 11) is 1.68. The van der Waals surface area contributed by atoms with Gasteiger partial charge in [0.05, 0.1) is 13.2 Å². The van der Waals surface area contributed by atoms with Crippen LogP contribution in [0.2, 0.25) is 0 Å². The minimum absolute atomic E-state index is 0.263. The summed E-state index contributed by atoms with van der Waals surface area (Å²) in [6.45, 7) is 7.23. The monoisotopic (exact) mass is 406 g/mol. The van der Waals surface area contributed by atoms with E-state index in [1.54, 1.807) is 7.11 Å². The summed E-state index contributed by atoms with van der Waals surface area (Å²) in [4.78, 5) is 25.5. The number of hydrogen-bond donors (Lipinski definition) is 1. The van der Waals surface area contributed by atoms with Gasteiger partial charge in [-0.15, -0.1) is 0 Å². The van der Waals surface area contributed by atoms with Gasteiger partial charge in [0.1, 0.15) is 11.5 Å². The molecular weight excluding hydrogens is 381 g/mol. The molecule has 10 heteroatoms. The Balaban J connectivity index is 0.000000345. The Hall–Kier alpha value is -2.07. The predicted molar refractivity (Wildman–Crippen MR) is 92.7 cm³/mol. The summed E-state index contributed by atoms with van der Waals surface area (Å²) in [5.41, 5.74) is 1.20. The SMILES string of the molecule is COCCN1C(=O)C[C@@H]2[C@@H]1CCN2Cc1cc(C)c(C)o1.O=C(O)C(F)(F)F. The van der Waals surface area contributed by atoms with Gasteiger partial charge >= 0.3 is 12.1 Å². The number of nitrogens with zero attached hydrogens (tertiary/aromatic N) is 2. The molecule has 1 amide bonds. The maximum Gasteiger partial charge on any atom is 0.490 e. The molecule has 2 atom stereocenters. The number of halogens is 3. The van der Waals surface area contributed by atoms with Gasteiger partial charge in [-0.2, -0.15) is 13.2 Å². The first-order valence-corrected chi connectivity index (χ1v) is 8.93. The van der Waals surface area contributed by atoms with E-state index >= 15 is 0 Å². The predicted octanol–water partition coefficient (Wildman–Crippen LogP) is 2.35. The molecule has 0 saturated carbocycles. The number of carboxylic acids is 1. The molecular formula is C18H25F3N2O5. The highest BCUT2D eigenvalue weighted by atomic mass is 19.4. The van der Waals surface area contributed by atoms with Crippen LogP contribution in [0.1, 0.15) is 29.9 Å². The number of alkyl halides is 3. The Bertz CT molecular complexity index is 684. The van der Waals surface area contributed by atoms with Crippen LogP contribution in [-0.2, 0) is 20.9 Å². The van der Waals surface area contributed by atoms with Crippen LogP contribution in [0.3, 0.4) is 0 Å². The van der Waals surface area contributed by atoms with Crippen LogP contribution in [0.25, 0.3) is 0 Å². The molecule has 2 aliphatic heterocycles. The van der Waals surface area contributed by atoms with Gasteiger partial charge in [-0.25, -0.2) is 4.79 Å². The van der Waals surface area contributed by atoms with E-state index in [0.717, 1.165) is 31.0 Å². The van der Waals surface area contributed by atoms with Crippen LogP contribution in [0.4, 0.5) is 13.2 Å². The molecule has 3 heterocycles. The van der Waals surface area contributed by atoms with Gasteiger partial charge in [0.25, 0.3) is 0 Å². The molecule has 28 heavy (non-hydrogen) atoms. The fourth-order valence-corrected chi connectivity index (χ4v) is 3.61. The Morgan fingerprint density at radius 1 is 1.36 bits per heavy atom. The molecule has 7 nitrogen and oxygen atoms in total. The second kappa shape index (κ2) is 8.95. The van der Waals surface area contributed by atoms with Crippen molar-refractivity contribution in [2.24, 2.45) is 0 Å². The maximum absolute atomic E-state index is 12.2. The van der Waals surface area contributed by atoms with Gasteiger partial charge in [-0.3, -0.25) is 9.69 Å². The van der Waals surface area contributed by atoms with Crippen LogP contribution >= 0.6 is 0 Å². The molecule has 0 spiro atoms. The molecule has 2 aliphatic rings. The number of carboxylic acid groups (broad SMARTS) is 1. The zero-order valence-corrected chi connectivity index (χ0v) is 16.1. The number of methoxy groups -OCH3 is 1. The van der Waals surface area contributed by atoms with Crippen molar-refractivity contribution in [3.63, 3.8) is 0 Å². The first-order chi connectivity index (χ1) is 13.0. The number of likely N-dealkylation sites (tertiary alicyclic amines) is 2. The molecule has 3 rings (SSSR count). The Labute approximate surface area is 161 Å². The largest absolute Gasteiger partial charge is 0.490 e. The van der Waals surface area contributed by atoms with Crippen LogP contribution in [0.15, 0.2) is 10.5 Å². The number of carbonyl (C=O) groups excluding carboxylic acids is 1. The number of aryl methyl sites for hydroxylation is 2. The number of carbonyl (C=O) groups is 2. The number of aliphatic carboxylic acids is 1. The van der Waals surface area contributed by atoms with E-state index < -0.39 is 12.1 Å². The van der Waals surface area contributed by atoms with Crippen molar-refractivity contribution >= 4 is 11.9 Å². The molecule has 0 radical (unpaired) electrons. The first kappa shape index (κ1) is 22.2. The Morgan fingerprint density at radius 2 is 2.00 bits per heavy atom. The number of amides is 1. The molecule has 2 saturated heterocycles. The van der Waals surface area contributed by atoms with Gasteiger partial charge in [-0.05, 0) is 31.9 Å². The highest BCUT2D eigenvalue weighted by Crippen LogP contribution is 2.33. The highest BCUT2D eigenvalue weighted by Gasteiger charge is 2.46. The lowest BCUT2D eigenvalue weighted by molar-refractivity contribution is -0.192. The smallest absolute Gasteiger partial charge is 0.475 e. The van der Waals surface area contributed by atoms with Crippen molar-refractivity contribution in [3.05, 3.63) is 23.2 Å². The zero-order chi connectivity index (χ0) is 21.1. The van der Waals surface area contributed by atoms with Gasteiger partial charge in [0, 0.05) is 38.7 Å². The normalized spacial score (nSPS) is 22.2. The van der Waals surface area contributed by atoms with Crippen molar-refractivity contribution < 1.29 is 37.0 Å². The average Bonchev–Trinajstić information content (AvgIpc) is 3.21. The number of rotatable bonds is 5. The summed E-state index contributed by atoms with van der Waals surface area (Å²) >= 11 is 0. The Kier molecular flexibility index (Phi) is 7.11. The summed E-state index contributed by atoms with van der Waals surface area (Å²) in [6, 6.07) is 2.80. The third-order valence-corrected chi connectivity index (χ3v) is 5.08. The lowest BCUT2D eigenvalue weighted by Gasteiger charge is -2.24. The van der Waals surface area contributed by atoms with Crippen LogP contribution in [0, 0.1) is 13.8 Å². The average molecular weight is 406 g/mol. The van der Waals surface area contributed by atoms with E-state index in [9.17, 15) is 18.0 Å². The van der Waals surface area contributed by atoms with E-state index in [1.807, 2.05) is 11.8 Å². The Morgan fingerprint density at radius 3 is 2.50 bits per heavy atom. The standard InChI is InChI=1S/C16H24N2O3.C2HF3O2/c1-11-8-13(21-12(11)2)10-17-5-4-14-15(17)9-16(19)18(14)6-7-20-3;3-2(4,5)1(6)7/h8,14-15H,4-7,9-10H2,1-3H3;(H,6,7)/t14-,15+;/m0./s1. The number of fused-ring (bicyclic) bond motifs is 1. The van der Waals surface area contributed by atoms with E-state index in [1.165, 1.54) is 5.56 Å². The lowest BCUT2D eigenvalue weighted by Crippen LogP contribution is -2.38. The highest BCUT2D eigenvalue weighted by molar-refractivity contribution is 5.80. The molecule has 158 valence electrons. The summed E-state index contributed by atoms with van der Waals surface area (Å²) in [6.07, 6.45) is -3.40. The molecule has 0 bridgehead atoms. The quantitative estimate of drug-likeness (QED) is 0.808. The number of hydrogen-bond acceptors (Lipinski definition) is 5. The second-order valence-corrected chi connectivity index (χ2v) is 6.93. The van der Waals surface area contributed by atoms with E-state index in [4.69, 9.17) is 19.1 Å². The third-order valence-electron chi connectivity index (χ3n) is 5.08. The lowest BCUT2D eigenvalue weighted by atomic mass is 10.1. The van der Waals surface area contributed by atoms with Crippen LogP contribution in [-0.4, -0.2) is 71.8 Å². The fourth-order valence-electron chi connectivity index (χ4n) is 3.61. The first-order valence-electron chi connectivity index (χ1n) is 8.93. The van der Waals surface area contributed by atoms with E-state index in [-0.39, 0.29) is 5.91 Å². The van der Waals surface area contributed by atoms with E-state index in [2.05, 4.69) is 17.9 Å². The molecule has 2 fully saturated rings. The van der Waals surface area contributed by atoms with Crippen molar-refractivity contribution in [1.29, 1.82) is 0 Å². The second-order valence-electron chi connectivity index (χ2n) is 6.93. The minimum atomic E-state index is -5.08. The summed E-state index contributed by atoms with van der Waals surface area (Å²) < 4.78 is 42.6. The summed E-state index contributed by atoms with van der Waals surface area (Å²) in [5, 5.41) is 7.12. The van der Waals surface area contributed by atoms with Crippen molar-refractivity contribution in [3.8, 4) is 0 Å². The maximum atomic E-state index is 12.2. The van der Waals surface area contributed by atoms with Crippen molar-refractivity contribution in [2.45, 2.75) is 51.5 Å². The van der Waals surface area contributed by atoms with Gasteiger partial charge < -0.3 is 19.2 Å². The fraction of sp³-hybridized carbons (Fsp3) is 0.667. The van der Waals surface area contributed by atoms with Crippen molar-refractivity contribution in [1.82, 2.24) is 9.80 Å². The zero-order valence-electron chi connectivity index (χ0n) is 16.1. The van der Waals surface area contributed by atoms with Crippen molar-refractivity contribution in [2.75, 3.05) is 26.8 Å². The molecule has 1 aromatic heterocycles. The van der Waals surface area contributed by atoms with E-state index in [0.29, 0.717) is 31.7 Å². The third kappa shape index (κ3) is 5.26. The molecule has 0 aliphatic carbocycles. The molecule has 1 N–H and O–H groups in total. The van der Waals surface area contributed by atoms with Gasteiger partial charge in [0.15, 0.2) is 0 Å². The van der Waals surface area contributed by atoms with Gasteiger partial charge in [0.2, 0.25) is 5.91 Å². The molecule has 1 aromatic rings. The minimum Gasteiger partial charge on any atom is -0.475 e. The molecule has 0 aromatic carbocycles. The molecule has 0 unspecified atom stereocenters. The topological polar surface area (TPSA) is 83.2 Å². The number of ether oxygens (including phenoxy) is 1. The number of furan rings is 1. The summed E-state index contributed by atoms with van der Waals surface area (Å²) in [5.74, 6) is -0.496. The van der Waals surface area contributed by atoms with Gasteiger partial charge in [-0.1, -0.05) is 0 Å². The van der Waals surface area contributed by atoms with Crippen LogP contribution < -0.4 is 0 Å². The van der Waals surface area contributed by atoms with Crippen LogP contribution in [0.5, 0.6) is 0 Å².